The minimum absolute atomic E-state index is 0.0688. The zero-order valence-electron chi connectivity index (χ0n) is 15.7. The summed E-state index contributed by atoms with van der Waals surface area (Å²) in [5.74, 6) is -1.93. The number of nitrogens with zero attached hydrogens (tertiary/aromatic N) is 4. The molecule has 1 aromatic carbocycles. The van der Waals surface area contributed by atoms with Crippen LogP contribution in [-0.2, 0) is 6.54 Å². The smallest absolute Gasteiger partial charge is 0.313 e. The van der Waals surface area contributed by atoms with E-state index >= 15 is 0 Å². The van der Waals surface area contributed by atoms with Crippen molar-refractivity contribution in [1.29, 1.82) is 0 Å². The fourth-order valence-corrected chi connectivity index (χ4v) is 3.33. The Kier molecular flexibility index (Phi) is 4.57. The van der Waals surface area contributed by atoms with Crippen molar-refractivity contribution in [3.63, 3.8) is 0 Å². The molecular weight excluding hydrogens is 380 g/mol. The van der Waals surface area contributed by atoms with Gasteiger partial charge in [0.1, 0.15) is 5.82 Å². The highest BCUT2D eigenvalue weighted by Gasteiger charge is 2.23. The number of aromatic nitrogens is 5. The molecule has 0 radical (unpaired) electrons. The molecule has 0 unspecified atom stereocenters. The number of rotatable bonds is 4. The van der Waals surface area contributed by atoms with Crippen LogP contribution in [0.1, 0.15) is 25.5 Å². The molecule has 0 spiro atoms. The summed E-state index contributed by atoms with van der Waals surface area (Å²) < 4.78 is 30.6. The van der Waals surface area contributed by atoms with Crippen molar-refractivity contribution in [3.8, 4) is 11.4 Å². The highest BCUT2D eigenvalue weighted by Crippen LogP contribution is 2.26. The second-order valence-corrected chi connectivity index (χ2v) is 6.87. The molecule has 4 rings (SSSR count). The van der Waals surface area contributed by atoms with Gasteiger partial charge in [0, 0.05) is 12.6 Å². The van der Waals surface area contributed by atoms with Gasteiger partial charge < -0.3 is 4.57 Å². The number of hydrogen-bond donors (Lipinski definition) is 1. The summed E-state index contributed by atoms with van der Waals surface area (Å²) in [5.41, 5.74) is -0.214. The van der Waals surface area contributed by atoms with Crippen molar-refractivity contribution in [1.82, 2.24) is 24.1 Å². The monoisotopic (exact) mass is 397 g/mol. The molecule has 0 fully saturated rings. The lowest BCUT2D eigenvalue weighted by Gasteiger charge is -2.11. The Balaban J connectivity index is 2.10. The molecule has 0 saturated heterocycles. The van der Waals surface area contributed by atoms with Gasteiger partial charge in [0.15, 0.2) is 11.2 Å². The molecule has 9 heteroatoms. The predicted octanol–water partition coefficient (Wildman–Crippen LogP) is 2.86. The van der Waals surface area contributed by atoms with Crippen molar-refractivity contribution in [2.45, 2.75) is 26.4 Å². The molecular formula is C20H17F2N5O2. The molecule has 3 heterocycles. The van der Waals surface area contributed by atoms with Crippen molar-refractivity contribution in [2.24, 2.45) is 0 Å². The standard InChI is InChI=1S/C20H17F2N5O2/c1-11(2)27-18-15(19(28)25-20(27)29)26(10-12-6-4-3-5-7-12)17(24-18)13-8-9-14(21)23-16(13)22/h3-9,11H,10H2,1-2H3,(H,25,28,29). The fourth-order valence-electron chi connectivity index (χ4n) is 3.33. The van der Waals surface area contributed by atoms with E-state index in [4.69, 9.17) is 0 Å². The lowest BCUT2D eigenvalue weighted by molar-refractivity contribution is 0.514. The summed E-state index contributed by atoms with van der Waals surface area (Å²) in [6.45, 7) is 3.74. The van der Waals surface area contributed by atoms with Crippen LogP contribution < -0.4 is 11.2 Å². The topological polar surface area (TPSA) is 85.6 Å². The van der Waals surface area contributed by atoms with E-state index in [2.05, 4.69) is 15.0 Å². The minimum atomic E-state index is -1.05. The normalized spacial score (nSPS) is 11.5. The van der Waals surface area contributed by atoms with Crippen LogP contribution >= 0.6 is 0 Å². The molecule has 0 amide bonds. The Hall–Kier alpha value is -3.62. The van der Waals surface area contributed by atoms with Crippen LogP contribution in [0.4, 0.5) is 8.78 Å². The second kappa shape index (κ2) is 7.08. The van der Waals surface area contributed by atoms with E-state index in [1.807, 2.05) is 30.3 Å². The molecule has 0 aliphatic heterocycles. The number of halogens is 2. The molecule has 0 aliphatic rings. The zero-order chi connectivity index (χ0) is 20.7. The quantitative estimate of drug-likeness (QED) is 0.537. The third-order valence-corrected chi connectivity index (χ3v) is 4.59. The highest BCUT2D eigenvalue weighted by molar-refractivity contribution is 5.77. The lowest BCUT2D eigenvalue weighted by Crippen LogP contribution is -2.32. The summed E-state index contributed by atoms with van der Waals surface area (Å²) in [6.07, 6.45) is 0. The average Bonchev–Trinajstić information content (AvgIpc) is 3.01. The van der Waals surface area contributed by atoms with Gasteiger partial charge in [0.05, 0.1) is 5.56 Å². The first-order chi connectivity index (χ1) is 13.9. The van der Waals surface area contributed by atoms with Crippen LogP contribution in [0.5, 0.6) is 0 Å². The molecule has 148 valence electrons. The van der Waals surface area contributed by atoms with Crippen LogP contribution in [0, 0.1) is 11.9 Å². The van der Waals surface area contributed by atoms with E-state index in [1.54, 1.807) is 13.8 Å². The third kappa shape index (κ3) is 3.24. The van der Waals surface area contributed by atoms with E-state index in [9.17, 15) is 18.4 Å². The number of pyridine rings is 1. The van der Waals surface area contributed by atoms with Gasteiger partial charge in [0.2, 0.25) is 11.9 Å². The lowest BCUT2D eigenvalue weighted by atomic mass is 10.2. The van der Waals surface area contributed by atoms with E-state index in [0.29, 0.717) is 0 Å². The SMILES string of the molecule is CC(C)n1c(=O)[nH]c(=O)c2c1nc(-c1ccc(F)nc1F)n2Cc1ccccc1. The van der Waals surface area contributed by atoms with Crippen LogP contribution in [0.2, 0.25) is 0 Å². The molecule has 29 heavy (non-hydrogen) atoms. The number of aromatic amines is 1. The van der Waals surface area contributed by atoms with Gasteiger partial charge in [-0.2, -0.15) is 13.8 Å². The molecule has 7 nitrogen and oxygen atoms in total. The first-order valence-corrected chi connectivity index (χ1v) is 8.98. The van der Waals surface area contributed by atoms with Gasteiger partial charge in [-0.3, -0.25) is 14.3 Å². The fraction of sp³-hybridized carbons (Fsp3) is 0.200. The molecule has 3 aromatic heterocycles. The van der Waals surface area contributed by atoms with Gasteiger partial charge >= 0.3 is 5.69 Å². The van der Waals surface area contributed by atoms with Crippen molar-refractivity contribution in [3.05, 3.63) is 80.8 Å². The minimum Gasteiger partial charge on any atom is -0.313 e. The van der Waals surface area contributed by atoms with E-state index in [0.717, 1.165) is 11.6 Å². The van der Waals surface area contributed by atoms with Crippen LogP contribution in [-0.4, -0.2) is 24.1 Å². The number of H-pyrrole nitrogens is 1. The molecule has 0 saturated carbocycles. The summed E-state index contributed by atoms with van der Waals surface area (Å²) >= 11 is 0. The maximum absolute atomic E-state index is 14.5. The van der Waals surface area contributed by atoms with Crippen LogP contribution in [0.15, 0.2) is 52.1 Å². The number of benzene rings is 1. The Morgan fingerprint density at radius 1 is 1.03 bits per heavy atom. The van der Waals surface area contributed by atoms with Gasteiger partial charge in [-0.15, -0.1) is 0 Å². The average molecular weight is 397 g/mol. The largest absolute Gasteiger partial charge is 0.330 e. The van der Waals surface area contributed by atoms with Gasteiger partial charge in [-0.25, -0.2) is 9.78 Å². The van der Waals surface area contributed by atoms with Crippen LogP contribution in [0.3, 0.4) is 0 Å². The summed E-state index contributed by atoms with van der Waals surface area (Å²) in [6, 6.07) is 11.2. The third-order valence-electron chi connectivity index (χ3n) is 4.59. The van der Waals surface area contributed by atoms with Crippen molar-refractivity contribution in [2.75, 3.05) is 0 Å². The summed E-state index contributed by atoms with van der Waals surface area (Å²) in [7, 11) is 0. The molecule has 0 atom stereocenters. The highest BCUT2D eigenvalue weighted by atomic mass is 19.1. The van der Waals surface area contributed by atoms with Crippen LogP contribution in [0.25, 0.3) is 22.6 Å². The Labute approximate surface area is 163 Å². The van der Waals surface area contributed by atoms with Gasteiger partial charge in [0.25, 0.3) is 5.56 Å². The van der Waals surface area contributed by atoms with E-state index in [-0.39, 0.29) is 35.1 Å². The van der Waals surface area contributed by atoms with Crippen molar-refractivity contribution >= 4 is 11.2 Å². The molecule has 0 bridgehead atoms. The predicted molar refractivity (Wildman–Crippen MR) is 104 cm³/mol. The maximum Gasteiger partial charge on any atom is 0.330 e. The first kappa shape index (κ1) is 18.7. The zero-order valence-corrected chi connectivity index (χ0v) is 15.7. The van der Waals surface area contributed by atoms with Gasteiger partial charge in [-0.05, 0) is 31.5 Å². The second-order valence-electron chi connectivity index (χ2n) is 6.87. The number of nitrogens with one attached hydrogen (secondary N) is 1. The van der Waals surface area contributed by atoms with E-state index in [1.165, 1.54) is 15.2 Å². The number of imidazole rings is 1. The van der Waals surface area contributed by atoms with Gasteiger partial charge in [-0.1, -0.05) is 30.3 Å². The molecule has 4 aromatic rings. The number of hydrogen-bond acceptors (Lipinski definition) is 4. The summed E-state index contributed by atoms with van der Waals surface area (Å²) in [5, 5.41) is 0. The summed E-state index contributed by atoms with van der Waals surface area (Å²) in [4.78, 5) is 35.0. The molecule has 1 N–H and O–H groups in total. The Morgan fingerprint density at radius 2 is 1.76 bits per heavy atom. The van der Waals surface area contributed by atoms with E-state index < -0.39 is 23.1 Å². The first-order valence-electron chi connectivity index (χ1n) is 8.98. The Morgan fingerprint density at radius 3 is 2.41 bits per heavy atom. The number of fused-ring (bicyclic) bond motifs is 1. The van der Waals surface area contributed by atoms with Crippen molar-refractivity contribution < 1.29 is 8.78 Å². The molecule has 0 aliphatic carbocycles. The maximum atomic E-state index is 14.5. The Bertz CT molecular complexity index is 1320.